The maximum Gasteiger partial charge on any atom is 0.198 e. The van der Waals surface area contributed by atoms with Crippen molar-refractivity contribution >= 4 is 17.4 Å². The van der Waals surface area contributed by atoms with Crippen molar-refractivity contribution in [3.63, 3.8) is 0 Å². The van der Waals surface area contributed by atoms with Gasteiger partial charge in [0, 0.05) is 0 Å². The summed E-state index contributed by atoms with van der Waals surface area (Å²) in [5.74, 6) is 1.05. The molecule has 1 aromatic carbocycles. The SMILES string of the molecule is COc1c(Cl)ncnc1NC(C)c1ccccc1. The highest BCUT2D eigenvalue weighted by Gasteiger charge is 2.13. The van der Waals surface area contributed by atoms with Gasteiger partial charge in [0.15, 0.2) is 16.7 Å². The molecular formula is C13H14ClN3O. The minimum Gasteiger partial charge on any atom is -0.490 e. The Labute approximate surface area is 111 Å². The number of methoxy groups -OCH3 is 1. The van der Waals surface area contributed by atoms with Crippen LogP contribution in [0.15, 0.2) is 36.7 Å². The van der Waals surface area contributed by atoms with Crippen LogP contribution in [0.4, 0.5) is 5.82 Å². The van der Waals surface area contributed by atoms with E-state index in [-0.39, 0.29) is 6.04 Å². The molecular weight excluding hydrogens is 250 g/mol. The Balaban J connectivity index is 2.22. The lowest BCUT2D eigenvalue weighted by molar-refractivity contribution is 0.412. The number of benzene rings is 1. The lowest BCUT2D eigenvalue weighted by Crippen LogP contribution is -2.09. The van der Waals surface area contributed by atoms with E-state index < -0.39 is 0 Å². The molecule has 4 nitrogen and oxygen atoms in total. The first kappa shape index (κ1) is 12.6. The molecule has 94 valence electrons. The monoisotopic (exact) mass is 263 g/mol. The van der Waals surface area contributed by atoms with Gasteiger partial charge in [-0.2, -0.15) is 0 Å². The normalized spacial score (nSPS) is 11.9. The third-order valence-electron chi connectivity index (χ3n) is 2.62. The van der Waals surface area contributed by atoms with Crippen LogP contribution < -0.4 is 10.1 Å². The molecule has 0 amide bonds. The summed E-state index contributed by atoms with van der Waals surface area (Å²) in [5.41, 5.74) is 1.16. The molecule has 1 N–H and O–H groups in total. The molecule has 18 heavy (non-hydrogen) atoms. The number of nitrogens with zero attached hydrogens (tertiary/aromatic N) is 2. The summed E-state index contributed by atoms with van der Waals surface area (Å²) in [6.07, 6.45) is 1.41. The molecule has 0 saturated carbocycles. The fourth-order valence-electron chi connectivity index (χ4n) is 1.67. The second-order valence-corrected chi connectivity index (χ2v) is 4.18. The highest BCUT2D eigenvalue weighted by atomic mass is 35.5. The zero-order valence-corrected chi connectivity index (χ0v) is 11.0. The number of ether oxygens (including phenoxy) is 1. The van der Waals surface area contributed by atoms with Gasteiger partial charge in [-0.25, -0.2) is 9.97 Å². The first-order valence-corrected chi connectivity index (χ1v) is 5.96. The van der Waals surface area contributed by atoms with Gasteiger partial charge in [0.1, 0.15) is 6.33 Å². The summed E-state index contributed by atoms with van der Waals surface area (Å²) in [6, 6.07) is 10.2. The molecule has 5 heteroatoms. The highest BCUT2D eigenvalue weighted by Crippen LogP contribution is 2.30. The van der Waals surface area contributed by atoms with Crippen LogP contribution in [0.1, 0.15) is 18.5 Å². The van der Waals surface area contributed by atoms with Crippen molar-refractivity contribution in [1.29, 1.82) is 0 Å². The van der Waals surface area contributed by atoms with Crippen LogP contribution in [0.2, 0.25) is 5.15 Å². The zero-order valence-electron chi connectivity index (χ0n) is 10.2. The van der Waals surface area contributed by atoms with Gasteiger partial charge in [0.25, 0.3) is 0 Å². The van der Waals surface area contributed by atoms with Gasteiger partial charge in [-0.15, -0.1) is 0 Å². The zero-order chi connectivity index (χ0) is 13.0. The third-order valence-corrected chi connectivity index (χ3v) is 2.89. The second-order valence-electron chi connectivity index (χ2n) is 3.82. The number of hydrogen-bond acceptors (Lipinski definition) is 4. The van der Waals surface area contributed by atoms with E-state index in [1.54, 1.807) is 7.11 Å². The number of rotatable bonds is 4. The Hall–Kier alpha value is -1.81. The van der Waals surface area contributed by atoms with E-state index in [1.165, 1.54) is 6.33 Å². The number of aromatic nitrogens is 2. The van der Waals surface area contributed by atoms with E-state index in [9.17, 15) is 0 Å². The van der Waals surface area contributed by atoms with E-state index >= 15 is 0 Å². The van der Waals surface area contributed by atoms with Gasteiger partial charge in [-0.05, 0) is 12.5 Å². The lowest BCUT2D eigenvalue weighted by atomic mass is 10.1. The van der Waals surface area contributed by atoms with E-state index in [0.717, 1.165) is 5.56 Å². The molecule has 2 aromatic rings. The number of anilines is 1. The van der Waals surface area contributed by atoms with E-state index in [4.69, 9.17) is 16.3 Å². The highest BCUT2D eigenvalue weighted by molar-refractivity contribution is 6.31. The van der Waals surface area contributed by atoms with Crippen LogP contribution in [-0.2, 0) is 0 Å². The van der Waals surface area contributed by atoms with Crippen LogP contribution in [0.5, 0.6) is 5.75 Å². The van der Waals surface area contributed by atoms with Crippen LogP contribution in [-0.4, -0.2) is 17.1 Å². The third kappa shape index (κ3) is 2.71. The summed E-state index contributed by atoms with van der Waals surface area (Å²) in [4.78, 5) is 8.02. The summed E-state index contributed by atoms with van der Waals surface area (Å²) in [7, 11) is 1.54. The Morgan fingerprint density at radius 2 is 1.94 bits per heavy atom. The minimum absolute atomic E-state index is 0.103. The standard InChI is InChI=1S/C13H14ClN3O/c1-9(10-6-4-3-5-7-10)17-13-11(18-2)12(14)15-8-16-13/h3-9H,1-2H3,(H,15,16,17). The first-order chi connectivity index (χ1) is 8.72. The average Bonchev–Trinajstić information content (AvgIpc) is 2.40. The Kier molecular flexibility index (Phi) is 3.99. The molecule has 0 radical (unpaired) electrons. The second kappa shape index (κ2) is 5.69. The molecule has 0 aliphatic heterocycles. The maximum atomic E-state index is 5.94. The molecule has 0 aliphatic rings. The molecule has 1 unspecified atom stereocenters. The van der Waals surface area contributed by atoms with Crippen molar-refractivity contribution in [2.75, 3.05) is 12.4 Å². The molecule has 0 bridgehead atoms. The Morgan fingerprint density at radius 3 is 2.61 bits per heavy atom. The van der Waals surface area contributed by atoms with Crippen LogP contribution in [0.3, 0.4) is 0 Å². The molecule has 1 atom stereocenters. The van der Waals surface area contributed by atoms with Gasteiger partial charge >= 0.3 is 0 Å². The molecule has 0 saturated heterocycles. The molecule has 0 aliphatic carbocycles. The summed E-state index contributed by atoms with van der Waals surface area (Å²) in [6.45, 7) is 2.05. The van der Waals surface area contributed by atoms with Gasteiger partial charge in [-0.1, -0.05) is 41.9 Å². The molecule has 0 fully saturated rings. The molecule has 1 aromatic heterocycles. The van der Waals surface area contributed by atoms with Crippen molar-refractivity contribution in [2.24, 2.45) is 0 Å². The fourth-order valence-corrected chi connectivity index (χ4v) is 1.88. The molecule has 0 spiro atoms. The molecule has 1 heterocycles. The first-order valence-electron chi connectivity index (χ1n) is 5.58. The van der Waals surface area contributed by atoms with Crippen molar-refractivity contribution in [3.05, 3.63) is 47.4 Å². The van der Waals surface area contributed by atoms with Crippen LogP contribution >= 0.6 is 11.6 Å². The van der Waals surface area contributed by atoms with Crippen molar-refractivity contribution in [3.8, 4) is 5.75 Å². The number of hydrogen-bond donors (Lipinski definition) is 1. The van der Waals surface area contributed by atoms with E-state index in [1.807, 2.05) is 37.3 Å². The number of halogens is 1. The number of nitrogens with one attached hydrogen (secondary N) is 1. The van der Waals surface area contributed by atoms with Gasteiger partial charge in [-0.3, -0.25) is 0 Å². The average molecular weight is 264 g/mol. The Bertz CT molecular complexity index is 519. The van der Waals surface area contributed by atoms with Crippen molar-refractivity contribution in [1.82, 2.24) is 9.97 Å². The van der Waals surface area contributed by atoms with Crippen molar-refractivity contribution in [2.45, 2.75) is 13.0 Å². The van der Waals surface area contributed by atoms with E-state index in [0.29, 0.717) is 16.7 Å². The fraction of sp³-hybridized carbons (Fsp3) is 0.231. The predicted octanol–water partition coefficient (Wildman–Crippen LogP) is 3.31. The topological polar surface area (TPSA) is 47.0 Å². The quantitative estimate of drug-likeness (QED) is 0.860. The maximum absolute atomic E-state index is 5.94. The largest absolute Gasteiger partial charge is 0.490 e. The van der Waals surface area contributed by atoms with Crippen molar-refractivity contribution < 1.29 is 4.74 Å². The van der Waals surface area contributed by atoms with E-state index in [2.05, 4.69) is 15.3 Å². The van der Waals surface area contributed by atoms with Crippen LogP contribution in [0, 0.1) is 0 Å². The van der Waals surface area contributed by atoms with Crippen LogP contribution in [0.25, 0.3) is 0 Å². The summed E-state index contributed by atoms with van der Waals surface area (Å²) >= 11 is 5.94. The van der Waals surface area contributed by atoms with Gasteiger partial charge in [0.05, 0.1) is 13.2 Å². The summed E-state index contributed by atoms with van der Waals surface area (Å²) in [5, 5.41) is 3.56. The Morgan fingerprint density at radius 1 is 1.22 bits per heavy atom. The molecule has 2 rings (SSSR count). The smallest absolute Gasteiger partial charge is 0.198 e. The van der Waals surface area contributed by atoms with Gasteiger partial charge < -0.3 is 10.1 Å². The predicted molar refractivity (Wildman–Crippen MR) is 72.1 cm³/mol. The minimum atomic E-state index is 0.103. The summed E-state index contributed by atoms with van der Waals surface area (Å²) < 4.78 is 5.19. The van der Waals surface area contributed by atoms with Gasteiger partial charge in [0.2, 0.25) is 0 Å². The lowest BCUT2D eigenvalue weighted by Gasteiger charge is -2.16.